The van der Waals surface area contributed by atoms with Gasteiger partial charge in [0.25, 0.3) is 0 Å². The second kappa shape index (κ2) is 4.86. The number of nitrogens with one attached hydrogen (secondary N) is 1. The van der Waals surface area contributed by atoms with Gasteiger partial charge in [0, 0.05) is 6.04 Å². The first-order valence-electron chi connectivity index (χ1n) is 5.45. The van der Waals surface area contributed by atoms with E-state index < -0.39 is 0 Å². The topological polar surface area (TPSA) is 12.0 Å². The third-order valence-corrected chi connectivity index (χ3v) is 3.43. The molecule has 1 heteroatoms. The molecule has 0 heterocycles. The number of hydrogen-bond acceptors (Lipinski definition) is 1. The molecule has 1 saturated carbocycles. The molecule has 0 aromatic heterocycles. The molecular formula is C11H23N. The highest BCUT2D eigenvalue weighted by molar-refractivity contribution is 4.77. The lowest BCUT2D eigenvalue weighted by Crippen LogP contribution is -2.33. The van der Waals surface area contributed by atoms with E-state index in [0.717, 1.165) is 17.9 Å². The van der Waals surface area contributed by atoms with Crippen LogP contribution in [0.4, 0.5) is 0 Å². The van der Waals surface area contributed by atoms with Gasteiger partial charge in [0.15, 0.2) is 0 Å². The van der Waals surface area contributed by atoms with Gasteiger partial charge in [-0.15, -0.1) is 0 Å². The van der Waals surface area contributed by atoms with Crippen molar-refractivity contribution in [3.05, 3.63) is 0 Å². The van der Waals surface area contributed by atoms with Crippen LogP contribution in [0.25, 0.3) is 0 Å². The van der Waals surface area contributed by atoms with Gasteiger partial charge in [-0.25, -0.2) is 0 Å². The maximum atomic E-state index is 3.41. The fourth-order valence-electron chi connectivity index (χ4n) is 2.31. The Kier molecular flexibility index (Phi) is 4.07. The van der Waals surface area contributed by atoms with Crippen LogP contribution < -0.4 is 5.32 Å². The maximum absolute atomic E-state index is 3.41. The van der Waals surface area contributed by atoms with Crippen molar-refractivity contribution in [2.24, 2.45) is 11.8 Å². The van der Waals surface area contributed by atoms with Gasteiger partial charge in [0.2, 0.25) is 0 Å². The highest BCUT2D eigenvalue weighted by atomic mass is 14.9. The Morgan fingerprint density at radius 2 is 2.08 bits per heavy atom. The fraction of sp³-hybridized carbons (Fsp3) is 1.00. The lowest BCUT2D eigenvalue weighted by atomic mass is 9.77. The molecule has 1 nitrogen and oxygen atoms in total. The minimum absolute atomic E-state index is 0.741. The molecule has 72 valence electrons. The molecule has 0 radical (unpaired) electrons. The molecule has 0 spiro atoms. The van der Waals surface area contributed by atoms with Crippen LogP contribution in [0.15, 0.2) is 0 Å². The predicted molar refractivity (Wildman–Crippen MR) is 54.3 cm³/mol. The van der Waals surface area contributed by atoms with Crippen molar-refractivity contribution in [3.63, 3.8) is 0 Å². The lowest BCUT2D eigenvalue weighted by Gasteiger charge is -2.31. The zero-order valence-corrected chi connectivity index (χ0v) is 8.77. The molecule has 1 rings (SSSR count). The average Bonchev–Trinajstić information content (AvgIpc) is 1.99. The molecule has 1 aliphatic rings. The molecule has 0 saturated heterocycles. The molecular weight excluding hydrogens is 146 g/mol. The summed E-state index contributed by atoms with van der Waals surface area (Å²) in [6.07, 6.45) is 7.17. The van der Waals surface area contributed by atoms with Crippen molar-refractivity contribution in [3.8, 4) is 0 Å². The van der Waals surface area contributed by atoms with Gasteiger partial charge in [0.1, 0.15) is 0 Å². The van der Waals surface area contributed by atoms with Gasteiger partial charge in [0.05, 0.1) is 0 Å². The SMILES string of the molecule is CCC(NC)C(C)CC1CCC1. The van der Waals surface area contributed by atoms with Crippen LogP contribution in [0.2, 0.25) is 0 Å². The Hall–Kier alpha value is -0.0400. The fourth-order valence-corrected chi connectivity index (χ4v) is 2.31. The second-order valence-electron chi connectivity index (χ2n) is 4.31. The molecule has 0 bridgehead atoms. The van der Waals surface area contributed by atoms with Gasteiger partial charge < -0.3 is 5.32 Å². The molecule has 1 N–H and O–H groups in total. The van der Waals surface area contributed by atoms with E-state index >= 15 is 0 Å². The average molecular weight is 169 g/mol. The zero-order chi connectivity index (χ0) is 8.97. The first-order chi connectivity index (χ1) is 5.77. The minimum Gasteiger partial charge on any atom is -0.317 e. The summed E-state index contributed by atoms with van der Waals surface area (Å²) in [6, 6.07) is 0.741. The Balaban J connectivity index is 2.19. The quantitative estimate of drug-likeness (QED) is 0.667. The van der Waals surface area contributed by atoms with Crippen molar-refractivity contribution >= 4 is 0 Å². The maximum Gasteiger partial charge on any atom is 0.00871 e. The normalized spacial score (nSPS) is 23.2. The summed E-state index contributed by atoms with van der Waals surface area (Å²) < 4.78 is 0. The van der Waals surface area contributed by atoms with Crippen LogP contribution in [-0.4, -0.2) is 13.1 Å². The molecule has 2 atom stereocenters. The summed E-state index contributed by atoms with van der Waals surface area (Å²) in [7, 11) is 2.09. The summed E-state index contributed by atoms with van der Waals surface area (Å²) in [6.45, 7) is 4.67. The van der Waals surface area contributed by atoms with Crippen LogP contribution >= 0.6 is 0 Å². The van der Waals surface area contributed by atoms with Gasteiger partial charge >= 0.3 is 0 Å². The Labute approximate surface area is 76.9 Å². The van der Waals surface area contributed by atoms with Gasteiger partial charge in [-0.05, 0) is 31.7 Å². The highest BCUT2D eigenvalue weighted by Gasteiger charge is 2.22. The smallest absolute Gasteiger partial charge is 0.00871 e. The molecule has 0 aromatic rings. The van der Waals surface area contributed by atoms with Gasteiger partial charge in [-0.2, -0.15) is 0 Å². The van der Waals surface area contributed by atoms with E-state index in [1.165, 1.54) is 32.1 Å². The highest BCUT2D eigenvalue weighted by Crippen LogP contribution is 2.33. The van der Waals surface area contributed by atoms with E-state index in [0.29, 0.717) is 0 Å². The number of rotatable bonds is 5. The molecule has 0 aliphatic heterocycles. The molecule has 0 aromatic carbocycles. The Morgan fingerprint density at radius 1 is 1.42 bits per heavy atom. The van der Waals surface area contributed by atoms with Gasteiger partial charge in [-0.3, -0.25) is 0 Å². The Bertz CT molecular complexity index is 114. The first-order valence-corrected chi connectivity index (χ1v) is 5.45. The van der Waals surface area contributed by atoms with E-state index in [9.17, 15) is 0 Å². The van der Waals surface area contributed by atoms with Crippen LogP contribution in [0.5, 0.6) is 0 Å². The molecule has 12 heavy (non-hydrogen) atoms. The summed E-state index contributed by atoms with van der Waals surface area (Å²) in [5.41, 5.74) is 0. The molecule has 0 amide bonds. The Morgan fingerprint density at radius 3 is 2.42 bits per heavy atom. The first kappa shape index (κ1) is 10.0. The third kappa shape index (κ3) is 2.48. The van der Waals surface area contributed by atoms with E-state index in [-0.39, 0.29) is 0 Å². The zero-order valence-electron chi connectivity index (χ0n) is 8.77. The molecule has 2 unspecified atom stereocenters. The van der Waals surface area contributed by atoms with Crippen LogP contribution in [-0.2, 0) is 0 Å². The van der Waals surface area contributed by atoms with E-state index in [1.807, 2.05) is 0 Å². The van der Waals surface area contributed by atoms with E-state index in [4.69, 9.17) is 0 Å². The predicted octanol–water partition coefficient (Wildman–Crippen LogP) is 2.81. The minimum atomic E-state index is 0.741. The van der Waals surface area contributed by atoms with E-state index in [1.54, 1.807) is 0 Å². The van der Waals surface area contributed by atoms with Crippen molar-refractivity contribution in [2.45, 2.75) is 52.0 Å². The van der Waals surface area contributed by atoms with Gasteiger partial charge in [-0.1, -0.05) is 33.1 Å². The van der Waals surface area contributed by atoms with Crippen molar-refractivity contribution in [2.75, 3.05) is 7.05 Å². The third-order valence-electron chi connectivity index (χ3n) is 3.43. The molecule has 1 fully saturated rings. The van der Waals surface area contributed by atoms with Crippen molar-refractivity contribution < 1.29 is 0 Å². The van der Waals surface area contributed by atoms with Crippen molar-refractivity contribution in [1.82, 2.24) is 5.32 Å². The summed E-state index contributed by atoms with van der Waals surface area (Å²) in [4.78, 5) is 0. The van der Waals surface area contributed by atoms with Crippen LogP contribution in [0, 0.1) is 11.8 Å². The van der Waals surface area contributed by atoms with Crippen molar-refractivity contribution in [1.29, 1.82) is 0 Å². The summed E-state index contributed by atoms with van der Waals surface area (Å²) >= 11 is 0. The molecule has 1 aliphatic carbocycles. The summed E-state index contributed by atoms with van der Waals surface area (Å²) in [5, 5.41) is 3.41. The summed E-state index contributed by atoms with van der Waals surface area (Å²) in [5.74, 6) is 1.92. The van der Waals surface area contributed by atoms with E-state index in [2.05, 4.69) is 26.2 Å². The standard InChI is InChI=1S/C11H23N/c1-4-11(12-3)9(2)8-10-6-5-7-10/h9-12H,4-8H2,1-3H3. The van der Waals surface area contributed by atoms with Crippen LogP contribution in [0.1, 0.15) is 46.0 Å². The second-order valence-corrected chi connectivity index (χ2v) is 4.31. The van der Waals surface area contributed by atoms with Crippen LogP contribution in [0.3, 0.4) is 0 Å². The largest absolute Gasteiger partial charge is 0.317 e. The number of hydrogen-bond donors (Lipinski definition) is 1. The lowest BCUT2D eigenvalue weighted by molar-refractivity contribution is 0.227. The monoisotopic (exact) mass is 169 g/mol.